The second-order valence-electron chi connectivity index (χ2n) is 2.83. The molecule has 1 rings (SSSR count). The van der Waals surface area contributed by atoms with Gasteiger partial charge in [-0.2, -0.15) is 0 Å². The zero-order chi connectivity index (χ0) is 7.61. The summed E-state index contributed by atoms with van der Waals surface area (Å²) >= 11 is 0. The smallest absolute Gasteiger partial charge is 0.150 e. The Morgan fingerprint density at radius 1 is 1.30 bits per heavy atom. The maximum Gasteiger partial charge on any atom is 0.150 e. The van der Waals surface area contributed by atoms with Crippen LogP contribution in [0.4, 0.5) is 0 Å². The van der Waals surface area contributed by atoms with Crippen molar-refractivity contribution in [1.82, 2.24) is 0 Å². The third-order valence-corrected chi connectivity index (χ3v) is 3.72. The Bertz CT molecular complexity index is 184. The molecule has 1 heterocycles. The topological polar surface area (TPSA) is 60.2 Å². The van der Waals surface area contributed by atoms with Gasteiger partial charge in [-0.15, -0.1) is 0 Å². The van der Waals surface area contributed by atoms with Crippen LogP contribution in [0.15, 0.2) is 0 Å². The number of hydrogen-bond donors (Lipinski definition) is 1. The van der Waals surface area contributed by atoms with Gasteiger partial charge < -0.3 is 5.73 Å². The van der Waals surface area contributed by atoms with Crippen molar-refractivity contribution >= 4 is 9.84 Å². The highest BCUT2D eigenvalue weighted by molar-refractivity contribution is 7.91. The lowest BCUT2D eigenvalue weighted by atomic mass is 10.0. The number of rotatable bonds is 1. The van der Waals surface area contributed by atoms with Crippen molar-refractivity contribution in [2.45, 2.75) is 12.8 Å². The molecule has 0 atom stereocenters. The first-order valence-electron chi connectivity index (χ1n) is 3.54. The third-order valence-electron chi connectivity index (χ3n) is 2.01. The van der Waals surface area contributed by atoms with Gasteiger partial charge in [-0.1, -0.05) is 0 Å². The zero-order valence-corrected chi connectivity index (χ0v) is 6.73. The Morgan fingerprint density at radius 3 is 2.20 bits per heavy atom. The summed E-state index contributed by atoms with van der Waals surface area (Å²) < 4.78 is 21.7. The number of sulfone groups is 1. The lowest BCUT2D eigenvalue weighted by molar-refractivity contribution is 0.474. The van der Waals surface area contributed by atoms with Crippen molar-refractivity contribution < 1.29 is 8.42 Å². The molecule has 10 heavy (non-hydrogen) atoms. The molecule has 0 saturated carbocycles. The van der Waals surface area contributed by atoms with Crippen LogP contribution in [0.25, 0.3) is 0 Å². The van der Waals surface area contributed by atoms with Crippen LogP contribution >= 0.6 is 0 Å². The van der Waals surface area contributed by atoms with Gasteiger partial charge in [-0.3, -0.25) is 0 Å². The normalized spacial score (nSPS) is 26.5. The van der Waals surface area contributed by atoms with Crippen LogP contribution in [0.1, 0.15) is 12.8 Å². The van der Waals surface area contributed by atoms with Crippen LogP contribution in [0.2, 0.25) is 0 Å². The van der Waals surface area contributed by atoms with Crippen LogP contribution in [0.5, 0.6) is 0 Å². The van der Waals surface area contributed by atoms with Crippen molar-refractivity contribution in [3.05, 3.63) is 0 Å². The van der Waals surface area contributed by atoms with E-state index in [1.807, 2.05) is 0 Å². The summed E-state index contributed by atoms with van der Waals surface area (Å²) in [6.45, 7) is 0.634. The molecule has 0 aromatic heterocycles. The first-order valence-corrected chi connectivity index (χ1v) is 5.37. The molecule has 0 amide bonds. The molecule has 2 N–H and O–H groups in total. The van der Waals surface area contributed by atoms with E-state index in [4.69, 9.17) is 5.73 Å². The SMILES string of the molecule is NCC1CCS(=O)(=O)CC1. The molecular formula is C6H13NO2S. The highest BCUT2D eigenvalue weighted by Gasteiger charge is 2.21. The maximum absolute atomic E-state index is 10.9. The standard InChI is InChI=1S/C6H13NO2S/c7-5-6-1-3-10(8,9)4-2-6/h6H,1-5,7H2. The van der Waals surface area contributed by atoms with E-state index < -0.39 is 9.84 Å². The van der Waals surface area contributed by atoms with E-state index in [1.54, 1.807) is 0 Å². The van der Waals surface area contributed by atoms with E-state index in [2.05, 4.69) is 0 Å². The minimum atomic E-state index is -2.68. The van der Waals surface area contributed by atoms with Gasteiger partial charge in [0.05, 0.1) is 11.5 Å². The van der Waals surface area contributed by atoms with Crippen LogP contribution in [0.3, 0.4) is 0 Å². The Morgan fingerprint density at radius 2 is 1.80 bits per heavy atom. The molecule has 60 valence electrons. The van der Waals surface area contributed by atoms with Gasteiger partial charge in [0.1, 0.15) is 9.84 Å². The summed E-state index contributed by atoms with van der Waals surface area (Å²) in [5.41, 5.74) is 5.40. The lowest BCUT2D eigenvalue weighted by Crippen LogP contribution is -2.27. The van der Waals surface area contributed by atoms with Gasteiger partial charge in [-0.25, -0.2) is 8.42 Å². The largest absolute Gasteiger partial charge is 0.330 e. The van der Waals surface area contributed by atoms with E-state index in [0.717, 1.165) is 12.8 Å². The summed E-state index contributed by atoms with van der Waals surface area (Å²) in [7, 11) is -2.68. The molecule has 0 aliphatic carbocycles. The van der Waals surface area contributed by atoms with E-state index in [-0.39, 0.29) is 0 Å². The average molecular weight is 163 g/mol. The summed E-state index contributed by atoms with van der Waals surface area (Å²) in [6, 6.07) is 0. The first kappa shape index (κ1) is 8.01. The molecule has 1 fully saturated rings. The van der Waals surface area contributed by atoms with Crippen LogP contribution < -0.4 is 5.73 Å². The van der Waals surface area contributed by atoms with E-state index in [0.29, 0.717) is 24.0 Å². The van der Waals surface area contributed by atoms with Crippen molar-refractivity contribution in [3.8, 4) is 0 Å². The second kappa shape index (κ2) is 2.88. The predicted octanol–water partition coefficient (Wildman–Crippen LogP) is -0.230. The minimum Gasteiger partial charge on any atom is -0.330 e. The molecule has 0 aromatic carbocycles. The fourth-order valence-electron chi connectivity index (χ4n) is 1.17. The Balaban J connectivity index is 2.46. The highest BCUT2D eigenvalue weighted by Crippen LogP contribution is 2.16. The van der Waals surface area contributed by atoms with Crippen molar-refractivity contribution in [1.29, 1.82) is 0 Å². The Hall–Kier alpha value is -0.0900. The fraction of sp³-hybridized carbons (Fsp3) is 1.00. The van der Waals surface area contributed by atoms with Gasteiger partial charge in [-0.05, 0) is 25.3 Å². The molecule has 0 unspecified atom stereocenters. The molecule has 0 bridgehead atoms. The third kappa shape index (κ3) is 1.95. The second-order valence-corrected chi connectivity index (χ2v) is 5.13. The Labute approximate surface area is 61.5 Å². The molecular weight excluding hydrogens is 150 g/mol. The van der Waals surface area contributed by atoms with Crippen molar-refractivity contribution in [2.24, 2.45) is 11.7 Å². The summed E-state index contributed by atoms with van der Waals surface area (Å²) in [4.78, 5) is 0. The van der Waals surface area contributed by atoms with Crippen molar-refractivity contribution in [2.75, 3.05) is 18.1 Å². The highest BCUT2D eigenvalue weighted by atomic mass is 32.2. The molecule has 1 aliphatic heterocycles. The predicted molar refractivity (Wildman–Crippen MR) is 40.4 cm³/mol. The monoisotopic (exact) mass is 163 g/mol. The molecule has 3 nitrogen and oxygen atoms in total. The maximum atomic E-state index is 10.9. The first-order chi connectivity index (χ1) is 4.64. The van der Waals surface area contributed by atoms with E-state index in [9.17, 15) is 8.42 Å². The van der Waals surface area contributed by atoms with Gasteiger partial charge in [0.15, 0.2) is 0 Å². The van der Waals surface area contributed by atoms with Crippen LogP contribution in [-0.2, 0) is 9.84 Å². The summed E-state index contributed by atoms with van der Waals surface area (Å²) in [5.74, 6) is 1.13. The van der Waals surface area contributed by atoms with Gasteiger partial charge in [0.2, 0.25) is 0 Å². The van der Waals surface area contributed by atoms with Crippen LogP contribution in [-0.4, -0.2) is 26.5 Å². The molecule has 4 heteroatoms. The molecule has 0 aromatic rings. The van der Waals surface area contributed by atoms with Gasteiger partial charge in [0.25, 0.3) is 0 Å². The summed E-state index contributed by atoms with van der Waals surface area (Å²) in [5, 5.41) is 0. The zero-order valence-electron chi connectivity index (χ0n) is 5.91. The van der Waals surface area contributed by atoms with E-state index >= 15 is 0 Å². The van der Waals surface area contributed by atoms with Gasteiger partial charge >= 0.3 is 0 Å². The molecule has 0 spiro atoms. The van der Waals surface area contributed by atoms with Crippen LogP contribution in [0, 0.1) is 5.92 Å². The minimum absolute atomic E-state index is 0.342. The quantitative estimate of drug-likeness (QED) is 0.581. The fourth-order valence-corrected chi connectivity index (χ4v) is 2.76. The molecule has 1 saturated heterocycles. The average Bonchev–Trinajstić information content (AvgIpc) is 1.88. The van der Waals surface area contributed by atoms with Crippen molar-refractivity contribution in [3.63, 3.8) is 0 Å². The van der Waals surface area contributed by atoms with E-state index in [1.165, 1.54) is 0 Å². The Kier molecular flexibility index (Phi) is 2.31. The van der Waals surface area contributed by atoms with Gasteiger partial charge in [0, 0.05) is 0 Å². The number of hydrogen-bond acceptors (Lipinski definition) is 3. The summed E-state index contributed by atoms with van der Waals surface area (Å²) in [6.07, 6.45) is 1.53. The number of nitrogens with two attached hydrogens (primary N) is 1. The molecule has 0 radical (unpaired) electrons. The lowest BCUT2D eigenvalue weighted by Gasteiger charge is -2.19. The molecule has 1 aliphatic rings.